The monoisotopic (exact) mass is 238 g/mol. The molecule has 11 heavy (non-hydrogen) atoms. The van der Waals surface area contributed by atoms with E-state index in [0.717, 1.165) is 0 Å². The molecule has 0 aliphatic rings. The van der Waals surface area contributed by atoms with Crippen molar-refractivity contribution in [1.82, 2.24) is 0 Å². The van der Waals surface area contributed by atoms with Crippen molar-refractivity contribution >= 4 is 52.4 Å². The molecule has 0 spiro atoms. The fourth-order valence-electron chi connectivity index (χ4n) is 0.307. The lowest BCUT2D eigenvalue weighted by Gasteiger charge is -2.26. The Morgan fingerprint density at radius 1 is 1.27 bits per heavy atom. The Bertz CT molecular complexity index is 160. The zero-order chi connectivity index (χ0) is 9.28. The summed E-state index contributed by atoms with van der Waals surface area (Å²) in [6.45, 7) is 1.27. The Morgan fingerprint density at radius 2 is 1.64 bits per heavy atom. The van der Waals surface area contributed by atoms with Crippen LogP contribution in [0.2, 0.25) is 0 Å². The zero-order valence-electron chi connectivity index (χ0n) is 5.83. The molecule has 0 N–H and O–H groups in total. The molecule has 0 aromatic rings. The van der Waals surface area contributed by atoms with Gasteiger partial charge in [0, 0.05) is 0 Å². The van der Waals surface area contributed by atoms with E-state index in [1.54, 1.807) is 0 Å². The number of carbonyl (C=O) groups is 1. The quantitative estimate of drug-likeness (QED) is 0.519. The van der Waals surface area contributed by atoms with E-state index in [1.165, 1.54) is 14.0 Å². The lowest BCUT2D eigenvalue weighted by atomic mass is 10.2. The van der Waals surface area contributed by atoms with Gasteiger partial charge in [-0.2, -0.15) is 0 Å². The molecule has 6 heteroatoms. The first-order valence-corrected chi connectivity index (χ1v) is 4.08. The van der Waals surface area contributed by atoms with Crippen molar-refractivity contribution in [2.75, 3.05) is 7.11 Å². The second-order valence-electron chi connectivity index (χ2n) is 1.99. The molecule has 0 heterocycles. The number of esters is 1. The van der Waals surface area contributed by atoms with Gasteiger partial charge in [0.1, 0.15) is 0 Å². The number of carbonyl (C=O) groups excluding carboxylic acids is 1. The van der Waals surface area contributed by atoms with Gasteiger partial charge in [0.15, 0.2) is 4.87 Å². The zero-order valence-corrected chi connectivity index (χ0v) is 8.85. The van der Waals surface area contributed by atoms with Crippen LogP contribution in [-0.4, -0.2) is 21.7 Å². The molecule has 0 bridgehead atoms. The molecule has 66 valence electrons. The van der Waals surface area contributed by atoms with Crippen molar-refractivity contribution in [3.8, 4) is 0 Å². The van der Waals surface area contributed by atoms with Gasteiger partial charge >= 0.3 is 5.97 Å². The molecule has 0 aliphatic carbocycles. The summed E-state index contributed by atoms with van der Waals surface area (Å²) in [7, 11) is 1.17. The third-order valence-electron chi connectivity index (χ3n) is 1.10. The Kier molecular flexibility index (Phi) is 3.77. The average molecular weight is 240 g/mol. The number of halogens is 4. The minimum Gasteiger partial charge on any atom is -0.468 e. The van der Waals surface area contributed by atoms with Crippen molar-refractivity contribution in [3.63, 3.8) is 0 Å². The number of hydrogen-bond acceptors (Lipinski definition) is 2. The van der Waals surface area contributed by atoms with E-state index in [0.29, 0.717) is 0 Å². The second kappa shape index (κ2) is 3.56. The lowest BCUT2D eigenvalue weighted by molar-refractivity contribution is -0.143. The van der Waals surface area contributed by atoms with Crippen LogP contribution >= 0.6 is 46.4 Å². The third kappa shape index (κ3) is 2.55. The van der Waals surface area contributed by atoms with Crippen LogP contribution < -0.4 is 0 Å². The number of rotatable bonds is 1. The average Bonchev–Trinajstić information content (AvgIpc) is 1.83. The fourth-order valence-corrected chi connectivity index (χ4v) is 0.616. The smallest absolute Gasteiger partial charge is 0.331 e. The number of methoxy groups -OCH3 is 1. The first kappa shape index (κ1) is 11.6. The summed E-state index contributed by atoms with van der Waals surface area (Å²) >= 11 is 21.8. The highest BCUT2D eigenvalue weighted by molar-refractivity contribution is 6.72. The molecule has 0 saturated carbocycles. The summed E-state index contributed by atoms with van der Waals surface area (Å²) in [4.78, 5) is 9.23. The minimum absolute atomic E-state index is 0.779. The highest BCUT2D eigenvalue weighted by atomic mass is 35.6. The molecule has 0 amide bonds. The molecule has 0 rings (SSSR count). The normalized spacial score (nSPS) is 17.3. The van der Waals surface area contributed by atoms with Crippen LogP contribution in [0.15, 0.2) is 0 Å². The summed E-state index contributed by atoms with van der Waals surface area (Å²) in [5.41, 5.74) is 0. The molecular formula is C5H6Cl4O2. The molecule has 2 nitrogen and oxygen atoms in total. The van der Waals surface area contributed by atoms with Gasteiger partial charge in [0.2, 0.25) is 3.79 Å². The maximum atomic E-state index is 10.9. The van der Waals surface area contributed by atoms with Gasteiger partial charge < -0.3 is 4.74 Å². The maximum absolute atomic E-state index is 10.9. The molecule has 1 unspecified atom stereocenters. The predicted molar refractivity (Wildman–Crippen MR) is 46.6 cm³/mol. The van der Waals surface area contributed by atoms with Crippen LogP contribution in [-0.2, 0) is 9.53 Å². The summed E-state index contributed by atoms with van der Waals surface area (Å²) in [5.74, 6) is -0.779. The predicted octanol–water partition coefficient (Wildman–Crippen LogP) is 2.53. The number of hydrogen-bond donors (Lipinski definition) is 0. The van der Waals surface area contributed by atoms with Gasteiger partial charge in [-0.05, 0) is 6.92 Å². The van der Waals surface area contributed by atoms with E-state index in [-0.39, 0.29) is 0 Å². The van der Waals surface area contributed by atoms with Crippen molar-refractivity contribution in [1.29, 1.82) is 0 Å². The van der Waals surface area contributed by atoms with E-state index in [4.69, 9.17) is 46.4 Å². The molecule has 1 atom stereocenters. The SMILES string of the molecule is COC(=O)C(C)(Cl)C(Cl)(Cl)Cl. The fraction of sp³-hybridized carbons (Fsp3) is 0.800. The maximum Gasteiger partial charge on any atom is 0.331 e. The highest BCUT2D eigenvalue weighted by Crippen LogP contribution is 2.43. The first-order valence-electron chi connectivity index (χ1n) is 2.57. The van der Waals surface area contributed by atoms with E-state index in [1.807, 2.05) is 0 Å². The van der Waals surface area contributed by atoms with Gasteiger partial charge in [0.05, 0.1) is 7.11 Å². The molecular weight excluding hydrogens is 234 g/mol. The van der Waals surface area contributed by atoms with Gasteiger partial charge in [-0.1, -0.05) is 34.8 Å². The Hall–Kier alpha value is 0.630. The summed E-state index contributed by atoms with van der Waals surface area (Å²) in [6, 6.07) is 0. The molecule has 0 fully saturated rings. The van der Waals surface area contributed by atoms with Crippen molar-refractivity contribution < 1.29 is 9.53 Å². The van der Waals surface area contributed by atoms with Crippen LogP contribution in [0.3, 0.4) is 0 Å². The molecule has 0 aromatic heterocycles. The highest BCUT2D eigenvalue weighted by Gasteiger charge is 2.50. The topological polar surface area (TPSA) is 26.3 Å². The third-order valence-corrected chi connectivity index (χ3v) is 2.96. The summed E-state index contributed by atoms with van der Waals surface area (Å²) in [6.07, 6.45) is 0. The Morgan fingerprint density at radius 3 is 1.73 bits per heavy atom. The number of alkyl halides is 4. The standard InChI is InChI=1S/C5H6Cl4O2/c1-4(6,3(10)11-2)5(7,8)9/h1-2H3. The van der Waals surface area contributed by atoms with E-state index >= 15 is 0 Å². The summed E-state index contributed by atoms with van der Waals surface area (Å²) < 4.78 is 2.44. The number of ether oxygens (including phenoxy) is 1. The molecule has 0 saturated heterocycles. The molecule has 0 aromatic carbocycles. The first-order chi connectivity index (χ1) is 4.73. The lowest BCUT2D eigenvalue weighted by Crippen LogP contribution is -2.42. The van der Waals surface area contributed by atoms with Crippen LogP contribution in [0, 0.1) is 0 Å². The summed E-state index contributed by atoms with van der Waals surface area (Å²) in [5, 5.41) is 0. The molecule has 0 radical (unpaired) electrons. The van der Waals surface area contributed by atoms with Crippen molar-refractivity contribution in [3.05, 3.63) is 0 Å². The Labute approximate surface area is 84.7 Å². The van der Waals surface area contributed by atoms with E-state index in [9.17, 15) is 4.79 Å². The van der Waals surface area contributed by atoms with Gasteiger partial charge in [0.25, 0.3) is 0 Å². The van der Waals surface area contributed by atoms with Crippen LogP contribution in [0.1, 0.15) is 6.92 Å². The van der Waals surface area contributed by atoms with Crippen molar-refractivity contribution in [2.45, 2.75) is 15.6 Å². The van der Waals surface area contributed by atoms with Gasteiger partial charge in [-0.15, -0.1) is 11.6 Å². The van der Waals surface area contributed by atoms with Crippen LogP contribution in [0.5, 0.6) is 0 Å². The van der Waals surface area contributed by atoms with Crippen LogP contribution in [0.4, 0.5) is 0 Å². The van der Waals surface area contributed by atoms with Crippen LogP contribution in [0.25, 0.3) is 0 Å². The van der Waals surface area contributed by atoms with Gasteiger partial charge in [-0.25, -0.2) is 0 Å². The second-order valence-corrected chi connectivity index (χ2v) is 5.03. The van der Waals surface area contributed by atoms with E-state index in [2.05, 4.69) is 4.74 Å². The molecule has 0 aliphatic heterocycles. The van der Waals surface area contributed by atoms with Gasteiger partial charge in [-0.3, -0.25) is 4.79 Å². The minimum atomic E-state index is -1.87. The Balaban J connectivity index is 4.59. The van der Waals surface area contributed by atoms with E-state index < -0.39 is 14.6 Å². The largest absolute Gasteiger partial charge is 0.468 e. The van der Waals surface area contributed by atoms with Crippen molar-refractivity contribution in [2.24, 2.45) is 0 Å².